The molecular weight excluding hydrogens is 216 g/mol. The van der Waals surface area contributed by atoms with Gasteiger partial charge in [0, 0.05) is 23.2 Å². The second-order valence-electron chi connectivity index (χ2n) is 3.21. The number of nitro benzene ring substituents is 1. The molecule has 0 aliphatic rings. The fourth-order valence-corrected chi connectivity index (χ4v) is 1.42. The summed E-state index contributed by atoms with van der Waals surface area (Å²) < 4.78 is 0. The van der Waals surface area contributed by atoms with Crippen molar-refractivity contribution < 1.29 is 4.92 Å². The number of nitrogens with zero attached hydrogens (tertiary/aromatic N) is 1. The number of hydrogen-bond donors (Lipinski definition) is 1. The molecule has 0 spiro atoms. The topological polar surface area (TPSA) is 55.2 Å². The summed E-state index contributed by atoms with van der Waals surface area (Å²) in [4.78, 5) is 10.3. The van der Waals surface area contributed by atoms with E-state index in [1.165, 1.54) is 6.07 Å². The molecule has 0 aliphatic carbocycles. The monoisotopic (exact) mass is 228 g/mol. The van der Waals surface area contributed by atoms with Gasteiger partial charge in [0.05, 0.1) is 4.92 Å². The Balaban J connectivity index is 2.81. The lowest BCUT2D eigenvalue weighted by Crippen LogP contribution is -2.14. The largest absolute Gasteiger partial charge is 0.312 e. The van der Waals surface area contributed by atoms with Crippen molar-refractivity contribution in [3.05, 3.63) is 38.9 Å². The highest BCUT2D eigenvalue weighted by atomic mass is 35.5. The molecular formula is C10H13ClN2O2. The maximum atomic E-state index is 10.7. The molecule has 0 fully saturated rings. The van der Waals surface area contributed by atoms with E-state index >= 15 is 0 Å². The van der Waals surface area contributed by atoms with Gasteiger partial charge in [-0.2, -0.15) is 0 Å². The Bertz CT molecular complexity index is 355. The Morgan fingerprint density at radius 1 is 1.53 bits per heavy atom. The van der Waals surface area contributed by atoms with Crippen molar-refractivity contribution in [2.24, 2.45) is 0 Å². The first kappa shape index (κ1) is 11.9. The van der Waals surface area contributed by atoms with Gasteiger partial charge in [0.2, 0.25) is 0 Å². The normalized spacial score (nSPS) is 10.3. The highest BCUT2D eigenvalue weighted by molar-refractivity contribution is 6.30. The van der Waals surface area contributed by atoms with Crippen molar-refractivity contribution in [2.45, 2.75) is 19.9 Å². The summed E-state index contributed by atoms with van der Waals surface area (Å²) in [6, 6.07) is 4.73. The second kappa shape index (κ2) is 5.68. The van der Waals surface area contributed by atoms with E-state index < -0.39 is 4.92 Å². The van der Waals surface area contributed by atoms with Crippen LogP contribution < -0.4 is 5.32 Å². The smallest absolute Gasteiger partial charge is 0.275 e. The zero-order valence-electron chi connectivity index (χ0n) is 8.50. The molecule has 0 saturated heterocycles. The summed E-state index contributed by atoms with van der Waals surface area (Å²) in [5.41, 5.74) is 0.740. The first-order chi connectivity index (χ1) is 7.15. The van der Waals surface area contributed by atoms with Crippen molar-refractivity contribution in [1.82, 2.24) is 5.32 Å². The molecule has 0 aliphatic heterocycles. The van der Waals surface area contributed by atoms with E-state index in [0.717, 1.165) is 13.0 Å². The van der Waals surface area contributed by atoms with Gasteiger partial charge in [0.25, 0.3) is 5.69 Å². The number of nitrogens with one attached hydrogen (secondary N) is 1. The Hall–Kier alpha value is -1.13. The summed E-state index contributed by atoms with van der Waals surface area (Å²) in [6.07, 6.45) is 1.00. The zero-order valence-corrected chi connectivity index (χ0v) is 9.25. The van der Waals surface area contributed by atoms with Gasteiger partial charge in [-0.25, -0.2) is 0 Å². The SMILES string of the molecule is CCCNCc1ccc(Cl)cc1[N+](=O)[O-]. The van der Waals surface area contributed by atoms with Crippen molar-refractivity contribution in [3.8, 4) is 0 Å². The standard InChI is InChI=1S/C10H13ClN2O2/c1-2-5-12-7-8-3-4-9(11)6-10(8)13(14)15/h3-4,6,12H,2,5,7H2,1H3. The lowest BCUT2D eigenvalue weighted by atomic mass is 10.2. The number of rotatable bonds is 5. The maximum absolute atomic E-state index is 10.7. The molecule has 5 heteroatoms. The average Bonchev–Trinajstić information content (AvgIpc) is 2.20. The Labute approximate surface area is 93.4 Å². The summed E-state index contributed by atoms with van der Waals surface area (Å²) in [7, 11) is 0. The van der Waals surface area contributed by atoms with Gasteiger partial charge in [0.1, 0.15) is 0 Å². The summed E-state index contributed by atoms with van der Waals surface area (Å²) in [5.74, 6) is 0. The molecule has 0 aromatic heterocycles. The van der Waals surface area contributed by atoms with Gasteiger partial charge in [-0.15, -0.1) is 0 Å². The Morgan fingerprint density at radius 3 is 2.87 bits per heavy atom. The van der Waals surface area contributed by atoms with Gasteiger partial charge >= 0.3 is 0 Å². The van der Waals surface area contributed by atoms with Crippen molar-refractivity contribution >= 4 is 17.3 Å². The van der Waals surface area contributed by atoms with Crippen LogP contribution in [0.4, 0.5) is 5.69 Å². The van der Waals surface area contributed by atoms with Crippen LogP contribution in [0.2, 0.25) is 5.02 Å². The molecule has 1 aromatic rings. The molecule has 0 bridgehead atoms. The first-order valence-corrected chi connectivity index (χ1v) is 5.16. The van der Waals surface area contributed by atoms with E-state index in [1.54, 1.807) is 12.1 Å². The van der Waals surface area contributed by atoms with E-state index in [9.17, 15) is 10.1 Å². The maximum Gasteiger partial charge on any atom is 0.275 e. The van der Waals surface area contributed by atoms with E-state index in [4.69, 9.17) is 11.6 Å². The van der Waals surface area contributed by atoms with Crippen LogP contribution in [-0.2, 0) is 6.54 Å². The number of hydrogen-bond acceptors (Lipinski definition) is 3. The fraction of sp³-hybridized carbons (Fsp3) is 0.400. The summed E-state index contributed by atoms with van der Waals surface area (Å²) >= 11 is 5.70. The zero-order chi connectivity index (χ0) is 11.3. The molecule has 0 unspecified atom stereocenters. The van der Waals surface area contributed by atoms with Crippen LogP contribution in [0, 0.1) is 10.1 Å². The predicted molar refractivity (Wildman–Crippen MR) is 60.1 cm³/mol. The molecule has 0 saturated carbocycles. The number of halogens is 1. The first-order valence-electron chi connectivity index (χ1n) is 4.78. The van der Waals surface area contributed by atoms with Gasteiger partial charge in [0.15, 0.2) is 0 Å². The molecule has 82 valence electrons. The minimum atomic E-state index is -0.408. The molecule has 1 rings (SSSR count). The molecule has 15 heavy (non-hydrogen) atoms. The van der Waals surface area contributed by atoms with Crippen LogP contribution in [0.3, 0.4) is 0 Å². The lowest BCUT2D eigenvalue weighted by molar-refractivity contribution is -0.385. The Kier molecular flexibility index (Phi) is 4.52. The van der Waals surface area contributed by atoms with Crippen LogP contribution in [0.1, 0.15) is 18.9 Å². The molecule has 0 radical (unpaired) electrons. The fourth-order valence-electron chi connectivity index (χ4n) is 1.26. The minimum Gasteiger partial charge on any atom is -0.312 e. The molecule has 1 N–H and O–H groups in total. The van der Waals surface area contributed by atoms with Gasteiger partial charge in [-0.3, -0.25) is 10.1 Å². The summed E-state index contributed by atoms with van der Waals surface area (Å²) in [6.45, 7) is 3.39. The third-order valence-corrected chi connectivity index (χ3v) is 2.22. The van der Waals surface area contributed by atoms with E-state index in [2.05, 4.69) is 5.32 Å². The van der Waals surface area contributed by atoms with Gasteiger partial charge in [-0.05, 0) is 25.1 Å². The average molecular weight is 229 g/mol. The van der Waals surface area contributed by atoms with E-state index in [1.807, 2.05) is 6.92 Å². The third kappa shape index (κ3) is 3.49. The summed E-state index contributed by atoms with van der Waals surface area (Å²) in [5, 5.41) is 14.2. The Morgan fingerprint density at radius 2 is 2.27 bits per heavy atom. The van der Waals surface area contributed by atoms with Crippen LogP contribution in [0.25, 0.3) is 0 Å². The van der Waals surface area contributed by atoms with E-state index in [0.29, 0.717) is 17.1 Å². The number of benzene rings is 1. The predicted octanol–water partition coefficient (Wildman–Crippen LogP) is 2.75. The van der Waals surface area contributed by atoms with Crippen LogP contribution in [0.5, 0.6) is 0 Å². The molecule has 0 amide bonds. The van der Waals surface area contributed by atoms with E-state index in [-0.39, 0.29) is 5.69 Å². The highest BCUT2D eigenvalue weighted by Gasteiger charge is 2.13. The van der Waals surface area contributed by atoms with Gasteiger partial charge in [-0.1, -0.05) is 18.5 Å². The highest BCUT2D eigenvalue weighted by Crippen LogP contribution is 2.22. The quantitative estimate of drug-likeness (QED) is 0.479. The molecule has 1 aromatic carbocycles. The van der Waals surface area contributed by atoms with Gasteiger partial charge < -0.3 is 5.32 Å². The lowest BCUT2D eigenvalue weighted by Gasteiger charge is -2.04. The molecule has 0 atom stereocenters. The third-order valence-electron chi connectivity index (χ3n) is 1.99. The number of nitro groups is 1. The van der Waals surface area contributed by atoms with Crippen LogP contribution in [0.15, 0.2) is 18.2 Å². The second-order valence-corrected chi connectivity index (χ2v) is 3.64. The molecule has 4 nitrogen and oxygen atoms in total. The minimum absolute atomic E-state index is 0.0751. The van der Waals surface area contributed by atoms with Crippen molar-refractivity contribution in [2.75, 3.05) is 6.54 Å². The van der Waals surface area contributed by atoms with Crippen molar-refractivity contribution in [1.29, 1.82) is 0 Å². The van der Waals surface area contributed by atoms with Crippen LogP contribution in [-0.4, -0.2) is 11.5 Å². The van der Waals surface area contributed by atoms with Crippen LogP contribution >= 0.6 is 11.6 Å². The van der Waals surface area contributed by atoms with Crippen molar-refractivity contribution in [3.63, 3.8) is 0 Å². The molecule has 0 heterocycles.